The zero-order chi connectivity index (χ0) is 10.7. The smallest absolute Gasteiger partial charge is 0.173 e. The molecule has 2 nitrogen and oxygen atoms in total. The molecule has 14 heavy (non-hydrogen) atoms. The molecule has 0 fully saturated rings. The number of carbonyl (C=O) groups excluding carboxylic acids is 2. The molecule has 0 atom stereocenters. The Kier molecular flexibility index (Phi) is 3.67. The number of rotatable bonds is 3. The number of Topliss-reactive ketones (excluding diaryl/α,β-unsaturated/α-hetero) is 2. The number of hydrogen-bond acceptors (Lipinski definition) is 2. The van der Waals surface area contributed by atoms with Crippen LogP contribution in [0.15, 0.2) is 18.2 Å². The van der Waals surface area contributed by atoms with Crippen molar-refractivity contribution in [3.63, 3.8) is 0 Å². The molecule has 0 aliphatic heterocycles. The van der Waals surface area contributed by atoms with Gasteiger partial charge < -0.3 is 0 Å². The van der Waals surface area contributed by atoms with E-state index < -0.39 is 0 Å². The van der Waals surface area contributed by atoms with Crippen molar-refractivity contribution >= 4 is 34.8 Å². The minimum Gasteiger partial charge on any atom is -0.300 e. The Labute approximate surface area is 91.8 Å². The normalized spacial score (nSPS) is 9.93. The first-order valence-electron chi connectivity index (χ1n) is 3.99. The molecule has 0 unspecified atom stereocenters. The Morgan fingerprint density at radius 2 is 1.71 bits per heavy atom. The van der Waals surface area contributed by atoms with Gasteiger partial charge in [-0.2, -0.15) is 0 Å². The van der Waals surface area contributed by atoms with Crippen LogP contribution in [-0.4, -0.2) is 11.6 Å². The third kappa shape index (κ3) is 2.56. The van der Waals surface area contributed by atoms with E-state index in [1.165, 1.54) is 6.92 Å². The van der Waals surface area contributed by atoms with E-state index in [0.29, 0.717) is 0 Å². The largest absolute Gasteiger partial charge is 0.300 e. The third-order valence-corrected chi connectivity index (χ3v) is 2.28. The molecule has 1 aromatic carbocycles. The quantitative estimate of drug-likeness (QED) is 0.591. The second-order valence-corrected chi connectivity index (χ2v) is 3.71. The maximum Gasteiger partial charge on any atom is 0.173 e. The zero-order valence-electron chi connectivity index (χ0n) is 7.51. The SMILES string of the molecule is CC(=O)CC(=O)c1c(Cl)cccc1Cl. The van der Waals surface area contributed by atoms with E-state index in [1.807, 2.05) is 0 Å². The molecule has 0 amide bonds. The summed E-state index contributed by atoms with van der Waals surface area (Å²) in [4.78, 5) is 22.3. The highest BCUT2D eigenvalue weighted by Gasteiger charge is 2.15. The summed E-state index contributed by atoms with van der Waals surface area (Å²) in [7, 11) is 0. The van der Waals surface area contributed by atoms with Crippen LogP contribution in [0.2, 0.25) is 10.0 Å². The Balaban J connectivity index is 3.06. The number of carbonyl (C=O) groups is 2. The van der Waals surface area contributed by atoms with Gasteiger partial charge in [0.05, 0.1) is 22.0 Å². The van der Waals surface area contributed by atoms with Gasteiger partial charge in [-0.3, -0.25) is 9.59 Å². The van der Waals surface area contributed by atoms with Crippen LogP contribution in [0.3, 0.4) is 0 Å². The van der Waals surface area contributed by atoms with Crippen molar-refractivity contribution in [2.45, 2.75) is 13.3 Å². The molecular formula is C10H8Cl2O2. The van der Waals surface area contributed by atoms with E-state index in [9.17, 15) is 9.59 Å². The fourth-order valence-corrected chi connectivity index (χ4v) is 1.69. The Morgan fingerprint density at radius 1 is 1.21 bits per heavy atom. The van der Waals surface area contributed by atoms with Gasteiger partial charge in [-0.1, -0.05) is 29.3 Å². The highest BCUT2D eigenvalue weighted by molar-refractivity contribution is 6.40. The lowest BCUT2D eigenvalue weighted by Gasteiger charge is -2.03. The van der Waals surface area contributed by atoms with Crippen molar-refractivity contribution in [2.75, 3.05) is 0 Å². The van der Waals surface area contributed by atoms with Crippen molar-refractivity contribution < 1.29 is 9.59 Å². The molecule has 0 radical (unpaired) electrons. The molecule has 0 aliphatic carbocycles. The summed E-state index contributed by atoms with van der Waals surface area (Å²) in [5.74, 6) is -0.543. The van der Waals surface area contributed by atoms with Crippen LogP contribution in [0.25, 0.3) is 0 Å². The summed E-state index contributed by atoms with van der Waals surface area (Å²) >= 11 is 11.6. The van der Waals surface area contributed by atoms with Gasteiger partial charge in [0.1, 0.15) is 5.78 Å². The molecule has 1 rings (SSSR count). The molecule has 74 valence electrons. The summed E-state index contributed by atoms with van der Waals surface area (Å²) in [5, 5.41) is 0.563. The van der Waals surface area contributed by atoms with E-state index in [2.05, 4.69) is 0 Å². The van der Waals surface area contributed by atoms with Crippen LogP contribution >= 0.6 is 23.2 Å². The zero-order valence-corrected chi connectivity index (χ0v) is 9.02. The molecule has 0 aliphatic rings. The van der Waals surface area contributed by atoms with Gasteiger partial charge in [-0.15, -0.1) is 0 Å². The van der Waals surface area contributed by atoms with Crippen LogP contribution in [-0.2, 0) is 4.79 Å². The van der Waals surface area contributed by atoms with Crippen LogP contribution in [0, 0.1) is 0 Å². The lowest BCUT2D eigenvalue weighted by Crippen LogP contribution is -2.06. The van der Waals surface area contributed by atoms with E-state index in [-0.39, 0.29) is 33.6 Å². The second-order valence-electron chi connectivity index (χ2n) is 2.90. The predicted octanol–water partition coefficient (Wildman–Crippen LogP) is 3.16. The van der Waals surface area contributed by atoms with Crippen molar-refractivity contribution in [3.05, 3.63) is 33.8 Å². The first-order chi connectivity index (χ1) is 6.52. The molecule has 0 saturated heterocycles. The van der Waals surface area contributed by atoms with Gasteiger partial charge in [0, 0.05) is 0 Å². The van der Waals surface area contributed by atoms with Crippen molar-refractivity contribution in [2.24, 2.45) is 0 Å². The van der Waals surface area contributed by atoms with Gasteiger partial charge in [0.2, 0.25) is 0 Å². The standard InChI is InChI=1S/C10H8Cl2O2/c1-6(13)5-9(14)10-7(11)3-2-4-8(10)12/h2-4H,5H2,1H3. The van der Waals surface area contributed by atoms with Crippen LogP contribution < -0.4 is 0 Å². The van der Waals surface area contributed by atoms with Crippen LogP contribution in [0.5, 0.6) is 0 Å². The third-order valence-electron chi connectivity index (χ3n) is 1.65. The first-order valence-corrected chi connectivity index (χ1v) is 4.74. The summed E-state index contributed by atoms with van der Waals surface area (Å²) in [6.07, 6.45) is -0.163. The van der Waals surface area contributed by atoms with E-state index in [4.69, 9.17) is 23.2 Å². The minimum atomic E-state index is -0.340. The fourth-order valence-electron chi connectivity index (χ4n) is 1.08. The molecule has 0 aromatic heterocycles. The monoisotopic (exact) mass is 230 g/mol. The number of ketones is 2. The van der Waals surface area contributed by atoms with Gasteiger partial charge >= 0.3 is 0 Å². The molecule has 0 bridgehead atoms. The molecule has 0 heterocycles. The topological polar surface area (TPSA) is 34.1 Å². The number of benzene rings is 1. The minimum absolute atomic E-state index is 0.163. The lowest BCUT2D eigenvalue weighted by molar-refractivity contribution is -0.116. The Bertz CT molecular complexity index is 365. The summed E-state index contributed by atoms with van der Waals surface area (Å²) in [5.41, 5.74) is 0.228. The average molecular weight is 231 g/mol. The van der Waals surface area contributed by atoms with Gasteiger partial charge in [-0.25, -0.2) is 0 Å². The van der Waals surface area contributed by atoms with Crippen molar-refractivity contribution in [1.82, 2.24) is 0 Å². The molecule has 4 heteroatoms. The molecular weight excluding hydrogens is 223 g/mol. The maximum absolute atomic E-state index is 11.5. The van der Waals surface area contributed by atoms with Gasteiger partial charge in [0.25, 0.3) is 0 Å². The van der Waals surface area contributed by atoms with Gasteiger partial charge in [-0.05, 0) is 19.1 Å². The predicted molar refractivity (Wildman–Crippen MR) is 56.1 cm³/mol. The number of halogens is 2. The van der Waals surface area contributed by atoms with E-state index in [1.54, 1.807) is 18.2 Å². The molecule has 0 N–H and O–H groups in total. The summed E-state index contributed by atoms with van der Waals surface area (Å²) < 4.78 is 0. The van der Waals surface area contributed by atoms with E-state index >= 15 is 0 Å². The van der Waals surface area contributed by atoms with Crippen LogP contribution in [0.4, 0.5) is 0 Å². The maximum atomic E-state index is 11.5. The van der Waals surface area contributed by atoms with Crippen LogP contribution in [0.1, 0.15) is 23.7 Å². The summed E-state index contributed by atoms with van der Waals surface area (Å²) in [6, 6.07) is 4.79. The summed E-state index contributed by atoms with van der Waals surface area (Å²) in [6.45, 7) is 1.35. The number of hydrogen-bond donors (Lipinski definition) is 0. The Morgan fingerprint density at radius 3 is 2.14 bits per heavy atom. The second kappa shape index (κ2) is 4.58. The Hall–Kier alpha value is -0.860. The molecule has 0 saturated carbocycles. The highest BCUT2D eigenvalue weighted by atomic mass is 35.5. The van der Waals surface area contributed by atoms with Crippen molar-refractivity contribution in [1.29, 1.82) is 0 Å². The first kappa shape index (κ1) is 11.2. The highest BCUT2D eigenvalue weighted by Crippen LogP contribution is 2.25. The lowest BCUT2D eigenvalue weighted by atomic mass is 10.1. The fraction of sp³-hybridized carbons (Fsp3) is 0.200. The average Bonchev–Trinajstić information content (AvgIpc) is 2.01. The molecule has 1 aromatic rings. The van der Waals surface area contributed by atoms with Gasteiger partial charge in [0.15, 0.2) is 5.78 Å². The van der Waals surface area contributed by atoms with E-state index in [0.717, 1.165) is 0 Å². The molecule has 0 spiro atoms. The van der Waals surface area contributed by atoms with Crippen molar-refractivity contribution in [3.8, 4) is 0 Å².